The number of fused-ring (bicyclic) bond motifs is 2. The molecule has 2 fully saturated rings. The van der Waals surface area contributed by atoms with E-state index < -0.39 is 5.54 Å². The van der Waals surface area contributed by atoms with Crippen LogP contribution in [0, 0.1) is 18.3 Å². The molecular weight excluding hydrogens is 375 g/mol. The molecule has 1 aromatic carbocycles. The van der Waals surface area contributed by atoms with Gasteiger partial charge in [0.15, 0.2) is 0 Å². The van der Waals surface area contributed by atoms with E-state index >= 15 is 0 Å². The minimum atomic E-state index is -0.906. The zero-order valence-electron chi connectivity index (χ0n) is 15.2. The minimum absolute atomic E-state index is 0. The van der Waals surface area contributed by atoms with Crippen LogP contribution in [0.2, 0.25) is 0 Å². The third-order valence-corrected chi connectivity index (χ3v) is 5.92. The number of carbonyl (C=O) groups is 1. The Bertz CT molecular complexity index is 823. The quantitative estimate of drug-likeness (QED) is 0.721. The highest BCUT2D eigenvalue weighted by Gasteiger charge is 2.70. The molecular formula is C18H26Cl2N4O2. The molecule has 0 radical (unpaired) electrons. The molecule has 0 spiro atoms. The summed E-state index contributed by atoms with van der Waals surface area (Å²) in [7, 11) is 0. The average molecular weight is 401 g/mol. The number of carbonyl (C=O) groups excluding carboxylic acids is 1. The average Bonchev–Trinajstić information content (AvgIpc) is 2.93. The second-order valence-corrected chi connectivity index (χ2v) is 7.64. The van der Waals surface area contributed by atoms with Crippen molar-refractivity contribution in [3.8, 4) is 0 Å². The fourth-order valence-electron chi connectivity index (χ4n) is 4.49. The first kappa shape index (κ1) is 21.0. The van der Waals surface area contributed by atoms with Crippen LogP contribution in [-0.4, -0.2) is 34.1 Å². The number of nitrogens with one attached hydrogen (secondary N) is 2. The van der Waals surface area contributed by atoms with Crippen LogP contribution < -0.4 is 11.1 Å². The number of aromatic nitrogens is 2. The normalized spacial score (nSPS) is 28.9. The lowest BCUT2D eigenvalue weighted by Crippen LogP contribution is -2.81. The maximum atomic E-state index is 13.0. The molecule has 4 rings (SSSR count). The minimum Gasteiger partial charge on any atom is -0.377 e. The third kappa shape index (κ3) is 2.80. The van der Waals surface area contributed by atoms with Gasteiger partial charge in [-0.05, 0) is 38.0 Å². The first-order chi connectivity index (χ1) is 11.3. The van der Waals surface area contributed by atoms with E-state index in [9.17, 15) is 4.79 Å². The highest BCUT2D eigenvalue weighted by atomic mass is 35.5. The highest BCUT2D eigenvalue weighted by molar-refractivity contribution is 6.01. The number of imidazole rings is 1. The Hall–Kier alpha value is -1.34. The van der Waals surface area contributed by atoms with E-state index in [1.165, 1.54) is 0 Å². The van der Waals surface area contributed by atoms with Gasteiger partial charge in [-0.15, -0.1) is 24.8 Å². The van der Waals surface area contributed by atoms with Gasteiger partial charge < -0.3 is 20.8 Å². The van der Waals surface area contributed by atoms with Gasteiger partial charge in [0.1, 0.15) is 11.4 Å². The van der Waals surface area contributed by atoms with Crippen molar-refractivity contribution < 1.29 is 9.53 Å². The summed E-state index contributed by atoms with van der Waals surface area (Å²) in [6.07, 6.45) is 1.97. The van der Waals surface area contributed by atoms with Gasteiger partial charge in [0.05, 0.1) is 17.1 Å². The van der Waals surface area contributed by atoms with Crippen LogP contribution in [0.3, 0.4) is 0 Å². The van der Waals surface area contributed by atoms with Crippen molar-refractivity contribution in [2.75, 3.05) is 11.9 Å². The predicted molar refractivity (Wildman–Crippen MR) is 107 cm³/mol. The van der Waals surface area contributed by atoms with E-state index in [-0.39, 0.29) is 48.2 Å². The van der Waals surface area contributed by atoms with Gasteiger partial charge in [-0.2, -0.15) is 0 Å². The van der Waals surface area contributed by atoms with Crippen molar-refractivity contribution in [3.63, 3.8) is 0 Å². The SMILES string of the molecule is Cc1nc2ccc(NC(=O)C3(N)C4CCCOC4C3(C)C)cc2[nH]1.Cl.Cl. The largest absolute Gasteiger partial charge is 0.377 e. The lowest BCUT2D eigenvalue weighted by Gasteiger charge is -2.65. The molecule has 3 atom stereocenters. The summed E-state index contributed by atoms with van der Waals surface area (Å²) in [5.74, 6) is 0.806. The first-order valence-corrected chi connectivity index (χ1v) is 8.52. The molecule has 6 nitrogen and oxygen atoms in total. The molecule has 2 heterocycles. The van der Waals surface area contributed by atoms with Gasteiger partial charge in [-0.1, -0.05) is 13.8 Å². The zero-order chi connectivity index (χ0) is 17.1. The summed E-state index contributed by atoms with van der Waals surface area (Å²) in [5, 5.41) is 3.01. The summed E-state index contributed by atoms with van der Waals surface area (Å²) in [5.41, 5.74) is 7.87. The van der Waals surface area contributed by atoms with E-state index in [4.69, 9.17) is 10.5 Å². The van der Waals surface area contributed by atoms with Crippen LogP contribution in [0.15, 0.2) is 18.2 Å². The Morgan fingerprint density at radius 1 is 1.38 bits per heavy atom. The molecule has 0 bridgehead atoms. The first-order valence-electron chi connectivity index (χ1n) is 8.52. The lowest BCUT2D eigenvalue weighted by atomic mass is 9.46. The van der Waals surface area contributed by atoms with Gasteiger partial charge in [-0.3, -0.25) is 4.79 Å². The monoisotopic (exact) mass is 400 g/mol. The fraction of sp³-hybridized carbons (Fsp3) is 0.556. The van der Waals surface area contributed by atoms with E-state index in [2.05, 4.69) is 15.3 Å². The molecule has 1 saturated heterocycles. The molecule has 2 aliphatic rings. The smallest absolute Gasteiger partial charge is 0.245 e. The van der Waals surface area contributed by atoms with E-state index in [1.54, 1.807) is 0 Å². The number of hydrogen-bond donors (Lipinski definition) is 3. The number of amides is 1. The van der Waals surface area contributed by atoms with Crippen molar-refractivity contribution in [2.24, 2.45) is 17.1 Å². The Balaban J connectivity index is 0.00000121. The van der Waals surface area contributed by atoms with Gasteiger partial charge in [0, 0.05) is 23.6 Å². The standard InChI is InChI=1S/C18H24N4O2.2ClH/c1-10-20-13-7-6-11(9-14(13)21-10)22-16(23)18(19)12-5-4-8-24-15(12)17(18,2)3;;/h6-7,9,12,15H,4-5,8,19H2,1-3H3,(H,20,21)(H,22,23);2*1H. The molecule has 1 aromatic heterocycles. The Labute approximate surface area is 165 Å². The third-order valence-electron chi connectivity index (χ3n) is 5.92. The summed E-state index contributed by atoms with van der Waals surface area (Å²) in [4.78, 5) is 20.6. The Kier molecular flexibility index (Phi) is 5.64. The molecule has 4 N–H and O–H groups in total. The second-order valence-electron chi connectivity index (χ2n) is 7.64. The van der Waals surface area contributed by atoms with E-state index in [0.29, 0.717) is 0 Å². The molecule has 1 aliphatic heterocycles. The number of ether oxygens (including phenoxy) is 1. The number of anilines is 1. The zero-order valence-corrected chi connectivity index (χ0v) is 16.8. The summed E-state index contributed by atoms with van der Waals surface area (Å²) >= 11 is 0. The van der Waals surface area contributed by atoms with E-state index in [1.807, 2.05) is 39.0 Å². The van der Waals surface area contributed by atoms with Crippen LogP contribution >= 0.6 is 24.8 Å². The van der Waals surface area contributed by atoms with Crippen LogP contribution in [-0.2, 0) is 9.53 Å². The number of rotatable bonds is 2. The number of aromatic amines is 1. The molecule has 2 aromatic rings. The van der Waals surface area contributed by atoms with Crippen LogP contribution in [0.1, 0.15) is 32.5 Å². The molecule has 1 aliphatic carbocycles. The Morgan fingerprint density at radius 3 is 2.85 bits per heavy atom. The number of nitrogens with zero attached hydrogens (tertiary/aromatic N) is 1. The van der Waals surface area contributed by atoms with Gasteiger partial charge in [0.2, 0.25) is 5.91 Å². The number of hydrogen-bond acceptors (Lipinski definition) is 4. The molecule has 144 valence electrons. The molecule has 26 heavy (non-hydrogen) atoms. The topological polar surface area (TPSA) is 93.0 Å². The van der Waals surface area contributed by atoms with Gasteiger partial charge >= 0.3 is 0 Å². The number of aryl methyl sites for hydroxylation is 1. The van der Waals surface area contributed by atoms with E-state index in [0.717, 1.165) is 42.0 Å². The van der Waals surface area contributed by atoms with Crippen LogP contribution in [0.4, 0.5) is 5.69 Å². The molecule has 3 unspecified atom stereocenters. The van der Waals surface area contributed by atoms with Crippen LogP contribution in [0.25, 0.3) is 11.0 Å². The second kappa shape index (κ2) is 7.00. The lowest BCUT2D eigenvalue weighted by molar-refractivity contribution is -0.222. The highest BCUT2D eigenvalue weighted by Crippen LogP contribution is 2.57. The van der Waals surface area contributed by atoms with Crippen molar-refractivity contribution in [3.05, 3.63) is 24.0 Å². The van der Waals surface area contributed by atoms with Crippen LogP contribution in [0.5, 0.6) is 0 Å². The van der Waals surface area contributed by atoms with Crippen molar-refractivity contribution in [1.29, 1.82) is 0 Å². The van der Waals surface area contributed by atoms with Crippen molar-refractivity contribution >= 4 is 47.4 Å². The summed E-state index contributed by atoms with van der Waals surface area (Å²) in [6, 6.07) is 5.66. The van der Waals surface area contributed by atoms with Gasteiger partial charge in [-0.25, -0.2) is 4.98 Å². The number of nitrogens with two attached hydrogens (primary N) is 1. The summed E-state index contributed by atoms with van der Waals surface area (Å²) in [6.45, 7) is 6.73. The number of halogens is 2. The number of H-pyrrole nitrogens is 1. The molecule has 1 saturated carbocycles. The molecule has 1 amide bonds. The van der Waals surface area contributed by atoms with Crippen molar-refractivity contribution in [1.82, 2.24) is 9.97 Å². The predicted octanol–water partition coefficient (Wildman–Crippen LogP) is 3.19. The molecule has 8 heteroatoms. The maximum absolute atomic E-state index is 13.0. The Morgan fingerprint density at radius 2 is 2.12 bits per heavy atom. The number of benzene rings is 1. The maximum Gasteiger partial charge on any atom is 0.245 e. The van der Waals surface area contributed by atoms with Gasteiger partial charge in [0.25, 0.3) is 0 Å². The summed E-state index contributed by atoms with van der Waals surface area (Å²) < 4.78 is 5.88. The van der Waals surface area contributed by atoms with Crippen molar-refractivity contribution in [2.45, 2.75) is 45.3 Å². The fourth-order valence-corrected chi connectivity index (χ4v) is 4.49.